The summed E-state index contributed by atoms with van der Waals surface area (Å²) >= 11 is 0. The Morgan fingerprint density at radius 2 is 2.17 bits per heavy atom. The molecule has 7 heteroatoms. The van der Waals surface area contributed by atoms with E-state index >= 15 is 0 Å². The highest BCUT2D eigenvalue weighted by molar-refractivity contribution is 5.69. The quantitative estimate of drug-likeness (QED) is 0.899. The summed E-state index contributed by atoms with van der Waals surface area (Å²) in [5, 5.41) is 15.9. The van der Waals surface area contributed by atoms with E-state index < -0.39 is 17.6 Å². The molecule has 5 nitrogen and oxygen atoms in total. The zero-order chi connectivity index (χ0) is 13.3. The smallest absolute Gasteiger partial charge is 0.309 e. The molecule has 2 aromatic rings. The lowest BCUT2D eigenvalue weighted by Crippen LogP contribution is -2.05. The molecule has 0 aliphatic carbocycles. The van der Waals surface area contributed by atoms with Crippen LogP contribution in [0.2, 0.25) is 0 Å². The number of hydrogen-bond donors (Lipinski definition) is 1. The molecule has 2 rings (SSSR count). The summed E-state index contributed by atoms with van der Waals surface area (Å²) in [4.78, 5) is 10.6. The van der Waals surface area contributed by atoms with Crippen molar-refractivity contribution in [2.45, 2.75) is 13.3 Å². The van der Waals surface area contributed by atoms with Crippen molar-refractivity contribution < 1.29 is 18.7 Å². The third-order valence-electron chi connectivity index (χ3n) is 2.45. The number of carboxylic acids is 1. The molecule has 1 heterocycles. The average Bonchev–Trinajstić information content (AvgIpc) is 2.64. The van der Waals surface area contributed by atoms with Crippen molar-refractivity contribution in [3.63, 3.8) is 0 Å². The molecule has 0 radical (unpaired) electrons. The summed E-state index contributed by atoms with van der Waals surface area (Å²) in [6.45, 7) is 1.54. The Hall–Kier alpha value is -2.31. The van der Waals surface area contributed by atoms with Crippen LogP contribution in [0.5, 0.6) is 0 Å². The molecule has 0 atom stereocenters. The molecule has 0 amide bonds. The number of carbonyl (C=O) groups is 1. The number of halogens is 2. The van der Waals surface area contributed by atoms with Gasteiger partial charge in [-0.25, -0.2) is 13.5 Å². The van der Waals surface area contributed by atoms with Gasteiger partial charge in [0.05, 0.1) is 17.8 Å². The summed E-state index contributed by atoms with van der Waals surface area (Å²) in [7, 11) is 0. The maximum Gasteiger partial charge on any atom is 0.309 e. The van der Waals surface area contributed by atoms with E-state index in [0.29, 0.717) is 5.69 Å². The molecule has 94 valence electrons. The molecule has 1 aromatic heterocycles. The number of benzene rings is 1. The summed E-state index contributed by atoms with van der Waals surface area (Å²) in [6, 6.07) is 2.94. The molecule has 0 saturated carbocycles. The van der Waals surface area contributed by atoms with E-state index in [9.17, 15) is 13.6 Å². The molecule has 1 aromatic carbocycles. The Morgan fingerprint density at radius 3 is 2.83 bits per heavy atom. The predicted octanol–water partition coefficient (Wildman–Crippen LogP) is 1.48. The second kappa shape index (κ2) is 4.52. The van der Waals surface area contributed by atoms with E-state index in [1.807, 2.05) is 0 Å². The fourth-order valence-corrected chi connectivity index (χ4v) is 1.54. The van der Waals surface area contributed by atoms with Gasteiger partial charge >= 0.3 is 5.97 Å². The predicted molar refractivity (Wildman–Crippen MR) is 57.4 cm³/mol. The minimum atomic E-state index is -1.06. The third-order valence-corrected chi connectivity index (χ3v) is 2.45. The Labute approximate surface area is 101 Å². The SMILES string of the molecule is Cc1c(CC(=O)O)nnn1-c1cc(F)ccc1F. The van der Waals surface area contributed by atoms with Gasteiger partial charge in [-0.1, -0.05) is 5.21 Å². The number of carboxylic acid groups (broad SMARTS) is 1. The van der Waals surface area contributed by atoms with Gasteiger partial charge in [-0.2, -0.15) is 0 Å². The van der Waals surface area contributed by atoms with E-state index in [-0.39, 0.29) is 17.8 Å². The van der Waals surface area contributed by atoms with Gasteiger partial charge in [-0.15, -0.1) is 5.10 Å². The highest BCUT2D eigenvalue weighted by Gasteiger charge is 2.15. The Kier molecular flexibility index (Phi) is 3.05. The van der Waals surface area contributed by atoms with Crippen LogP contribution in [0.1, 0.15) is 11.4 Å². The van der Waals surface area contributed by atoms with E-state index in [1.54, 1.807) is 6.92 Å². The standard InChI is InChI=1S/C11H9F2N3O2/c1-6-9(5-11(17)18)14-15-16(6)10-4-7(12)2-3-8(10)13/h2-4H,5H2,1H3,(H,17,18). The van der Waals surface area contributed by atoms with Crippen molar-refractivity contribution in [3.8, 4) is 5.69 Å². The summed E-state index contributed by atoms with van der Waals surface area (Å²) in [5.41, 5.74) is 0.477. The van der Waals surface area contributed by atoms with Gasteiger partial charge in [0.15, 0.2) is 0 Å². The third kappa shape index (κ3) is 2.20. The topological polar surface area (TPSA) is 68.0 Å². The number of rotatable bonds is 3. The molecule has 0 unspecified atom stereocenters. The van der Waals surface area contributed by atoms with Crippen LogP contribution in [0.15, 0.2) is 18.2 Å². The highest BCUT2D eigenvalue weighted by atomic mass is 19.1. The minimum absolute atomic E-state index is 0.100. The van der Waals surface area contributed by atoms with Crippen LogP contribution in [0.4, 0.5) is 8.78 Å². The Bertz CT molecular complexity index is 610. The summed E-state index contributed by atoms with van der Waals surface area (Å²) < 4.78 is 27.7. The van der Waals surface area contributed by atoms with Gasteiger partial charge in [0, 0.05) is 6.07 Å². The zero-order valence-corrected chi connectivity index (χ0v) is 9.39. The van der Waals surface area contributed by atoms with Gasteiger partial charge in [-0.05, 0) is 19.1 Å². The molecule has 0 spiro atoms. The first-order valence-electron chi connectivity index (χ1n) is 5.07. The van der Waals surface area contributed by atoms with Crippen LogP contribution < -0.4 is 0 Å². The number of nitrogens with zero attached hydrogens (tertiary/aromatic N) is 3. The average molecular weight is 253 g/mol. The molecular formula is C11H9F2N3O2. The molecule has 0 bridgehead atoms. The first-order chi connectivity index (χ1) is 8.49. The minimum Gasteiger partial charge on any atom is -0.481 e. The number of aliphatic carboxylic acids is 1. The van der Waals surface area contributed by atoms with Crippen molar-refractivity contribution >= 4 is 5.97 Å². The second-order valence-electron chi connectivity index (χ2n) is 3.70. The molecule has 0 aliphatic heterocycles. The fourth-order valence-electron chi connectivity index (χ4n) is 1.54. The lowest BCUT2D eigenvalue weighted by molar-refractivity contribution is -0.136. The zero-order valence-electron chi connectivity index (χ0n) is 9.39. The summed E-state index contributed by atoms with van der Waals surface area (Å²) in [6.07, 6.45) is -0.317. The lowest BCUT2D eigenvalue weighted by Gasteiger charge is -2.04. The van der Waals surface area contributed by atoms with Crippen LogP contribution in [0.25, 0.3) is 5.69 Å². The molecule has 0 saturated heterocycles. The van der Waals surface area contributed by atoms with Crippen molar-refractivity contribution in [1.82, 2.24) is 15.0 Å². The van der Waals surface area contributed by atoms with Crippen molar-refractivity contribution in [2.75, 3.05) is 0 Å². The van der Waals surface area contributed by atoms with Crippen LogP contribution in [-0.4, -0.2) is 26.1 Å². The van der Waals surface area contributed by atoms with Crippen LogP contribution in [0.3, 0.4) is 0 Å². The second-order valence-corrected chi connectivity index (χ2v) is 3.70. The maximum atomic E-state index is 13.5. The van der Waals surface area contributed by atoms with Gasteiger partial charge in [-0.3, -0.25) is 4.79 Å². The van der Waals surface area contributed by atoms with Crippen molar-refractivity contribution in [3.05, 3.63) is 41.2 Å². The van der Waals surface area contributed by atoms with Gasteiger partial charge in [0.25, 0.3) is 0 Å². The molecular weight excluding hydrogens is 244 g/mol. The van der Waals surface area contributed by atoms with E-state index in [4.69, 9.17) is 5.11 Å². The van der Waals surface area contributed by atoms with Crippen molar-refractivity contribution in [1.29, 1.82) is 0 Å². The van der Waals surface area contributed by atoms with Crippen LogP contribution in [0, 0.1) is 18.6 Å². The van der Waals surface area contributed by atoms with Gasteiger partial charge in [0.2, 0.25) is 0 Å². The molecule has 1 N–H and O–H groups in total. The Morgan fingerprint density at radius 1 is 1.44 bits per heavy atom. The first kappa shape index (κ1) is 12.2. The van der Waals surface area contributed by atoms with Crippen LogP contribution >= 0.6 is 0 Å². The van der Waals surface area contributed by atoms with E-state index in [1.165, 1.54) is 0 Å². The Balaban J connectivity index is 2.48. The number of aromatic nitrogens is 3. The maximum absolute atomic E-state index is 13.5. The van der Waals surface area contributed by atoms with E-state index in [0.717, 1.165) is 22.9 Å². The van der Waals surface area contributed by atoms with Gasteiger partial charge in [0.1, 0.15) is 17.3 Å². The fraction of sp³-hybridized carbons (Fsp3) is 0.182. The van der Waals surface area contributed by atoms with Gasteiger partial charge < -0.3 is 5.11 Å². The molecule has 0 aliphatic rings. The molecule has 0 fully saturated rings. The van der Waals surface area contributed by atoms with E-state index in [2.05, 4.69) is 10.3 Å². The lowest BCUT2D eigenvalue weighted by atomic mass is 10.2. The highest BCUT2D eigenvalue weighted by Crippen LogP contribution is 2.17. The largest absolute Gasteiger partial charge is 0.481 e. The van der Waals surface area contributed by atoms with Crippen LogP contribution in [-0.2, 0) is 11.2 Å². The van der Waals surface area contributed by atoms with Crippen molar-refractivity contribution in [2.24, 2.45) is 0 Å². The monoisotopic (exact) mass is 253 g/mol. The first-order valence-corrected chi connectivity index (χ1v) is 5.07. The summed E-state index contributed by atoms with van der Waals surface area (Å²) in [5.74, 6) is -2.34. The number of hydrogen-bond acceptors (Lipinski definition) is 3. The molecule has 18 heavy (non-hydrogen) atoms. The normalized spacial score (nSPS) is 10.6.